The van der Waals surface area contributed by atoms with Gasteiger partial charge in [-0.15, -0.1) is 0 Å². The fraction of sp³-hybridized carbons (Fsp3) is 0.310. The largest absolute Gasteiger partial charge is 0.497 e. The summed E-state index contributed by atoms with van der Waals surface area (Å²) in [7, 11) is 1.77. The molecule has 2 unspecified atom stereocenters. The molecule has 4 rings (SSSR count). The zero-order valence-corrected chi connectivity index (χ0v) is 25.6. The number of fused-ring (bicyclic) bond motifs is 1. The Balaban J connectivity index is 1.63. The first-order valence-corrected chi connectivity index (χ1v) is 15.0. The SMILES string of the molecule is COc1ccc(S(=O)N(C)C[C@@H]2Oc3c(NC(=O)Nc4cccc(Cl)c4Cl)cccc3C(=O)N(CCO)CC2C)cc1. The Morgan fingerprint density at radius 3 is 2.48 bits per heavy atom. The van der Waals surface area contributed by atoms with Crippen molar-refractivity contribution in [1.82, 2.24) is 9.21 Å². The molecule has 0 aliphatic carbocycles. The Hall–Kier alpha value is -3.35. The number of likely N-dealkylation sites (N-methyl/N-ethyl adjacent to an activating group) is 1. The van der Waals surface area contributed by atoms with Gasteiger partial charge in [0.05, 0.1) is 45.6 Å². The van der Waals surface area contributed by atoms with E-state index >= 15 is 0 Å². The lowest BCUT2D eigenvalue weighted by atomic mass is 10.0. The molecule has 0 radical (unpaired) electrons. The summed E-state index contributed by atoms with van der Waals surface area (Å²) in [5.74, 6) is 0.248. The van der Waals surface area contributed by atoms with Gasteiger partial charge in [-0.25, -0.2) is 13.3 Å². The van der Waals surface area contributed by atoms with Crippen LogP contribution in [0.5, 0.6) is 11.5 Å². The summed E-state index contributed by atoms with van der Waals surface area (Å²) in [4.78, 5) is 28.6. The average Bonchev–Trinajstić information content (AvgIpc) is 2.98. The monoisotopic (exact) mass is 634 g/mol. The highest BCUT2D eigenvalue weighted by atomic mass is 35.5. The van der Waals surface area contributed by atoms with Crippen molar-refractivity contribution in [3.05, 3.63) is 76.3 Å². The van der Waals surface area contributed by atoms with Gasteiger partial charge in [0.25, 0.3) is 5.91 Å². The van der Waals surface area contributed by atoms with Crippen LogP contribution >= 0.6 is 23.2 Å². The number of amides is 3. The minimum absolute atomic E-state index is 0.119. The van der Waals surface area contributed by atoms with E-state index in [-0.39, 0.29) is 58.6 Å². The first kappa shape index (κ1) is 31.6. The number of hydrogen-bond donors (Lipinski definition) is 3. The number of β-amino-alcohol motifs (C(OH)–C–C–N with tert-alkyl or cyclic N) is 1. The molecule has 0 bridgehead atoms. The number of nitrogens with zero attached hydrogens (tertiary/aromatic N) is 2. The Morgan fingerprint density at radius 1 is 1.12 bits per heavy atom. The summed E-state index contributed by atoms with van der Waals surface area (Å²) in [6.07, 6.45) is -0.543. The molecule has 1 heterocycles. The topological polar surface area (TPSA) is 120 Å². The van der Waals surface area contributed by atoms with E-state index in [4.69, 9.17) is 32.7 Å². The van der Waals surface area contributed by atoms with E-state index in [0.717, 1.165) is 0 Å². The molecule has 3 N–H and O–H groups in total. The number of urea groups is 1. The highest BCUT2D eigenvalue weighted by Crippen LogP contribution is 2.35. The van der Waals surface area contributed by atoms with Gasteiger partial charge in [0.2, 0.25) is 0 Å². The second-order valence-corrected chi connectivity index (χ2v) is 12.1. The third kappa shape index (κ3) is 7.34. The van der Waals surface area contributed by atoms with E-state index in [0.29, 0.717) is 22.9 Å². The van der Waals surface area contributed by atoms with E-state index < -0.39 is 23.1 Å². The lowest BCUT2D eigenvalue weighted by Crippen LogP contribution is -2.47. The molecule has 1 aliphatic heterocycles. The molecule has 224 valence electrons. The maximum absolute atomic E-state index is 13.5. The number of carbonyl (C=O) groups is 2. The highest BCUT2D eigenvalue weighted by molar-refractivity contribution is 7.82. The van der Waals surface area contributed by atoms with Gasteiger partial charge >= 0.3 is 6.03 Å². The summed E-state index contributed by atoms with van der Waals surface area (Å²) in [5, 5.41) is 15.5. The second-order valence-electron chi connectivity index (χ2n) is 9.71. The molecule has 0 aromatic heterocycles. The van der Waals surface area contributed by atoms with Crippen LogP contribution in [0.25, 0.3) is 0 Å². The van der Waals surface area contributed by atoms with Crippen LogP contribution in [0.4, 0.5) is 16.2 Å². The van der Waals surface area contributed by atoms with Gasteiger partial charge in [-0.2, -0.15) is 0 Å². The smallest absolute Gasteiger partial charge is 0.323 e. The number of rotatable bonds is 9. The molecule has 0 saturated carbocycles. The Kier molecular flexibility index (Phi) is 10.7. The Labute approximate surface area is 257 Å². The minimum Gasteiger partial charge on any atom is -0.497 e. The van der Waals surface area contributed by atoms with Crippen LogP contribution in [0.3, 0.4) is 0 Å². The van der Waals surface area contributed by atoms with Gasteiger partial charge in [0.1, 0.15) is 22.8 Å². The number of aliphatic hydroxyl groups is 1. The molecule has 0 fully saturated rings. The van der Waals surface area contributed by atoms with Crippen LogP contribution < -0.4 is 20.1 Å². The maximum atomic E-state index is 13.5. The average molecular weight is 636 g/mol. The van der Waals surface area contributed by atoms with Gasteiger partial charge in [-0.3, -0.25) is 4.79 Å². The number of ether oxygens (including phenoxy) is 2. The molecular formula is C29H32Cl2N4O6S. The molecule has 3 aromatic carbocycles. The number of nitrogens with one attached hydrogen (secondary N) is 2. The van der Waals surface area contributed by atoms with Crippen molar-refractivity contribution in [2.24, 2.45) is 5.92 Å². The van der Waals surface area contributed by atoms with Gasteiger partial charge in [-0.1, -0.05) is 42.3 Å². The van der Waals surface area contributed by atoms with Gasteiger partial charge < -0.3 is 30.1 Å². The lowest BCUT2D eigenvalue weighted by Gasteiger charge is -2.36. The number of para-hydroxylation sites is 1. The summed E-state index contributed by atoms with van der Waals surface area (Å²) in [6, 6.07) is 16.0. The number of halogens is 2. The molecule has 42 heavy (non-hydrogen) atoms. The first-order chi connectivity index (χ1) is 20.1. The van der Waals surface area contributed by atoms with E-state index in [1.165, 1.54) is 0 Å². The predicted molar refractivity (Wildman–Crippen MR) is 164 cm³/mol. The van der Waals surface area contributed by atoms with Gasteiger partial charge in [0, 0.05) is 32.6 Å². The molecule has 10 nitrogen and oxygen atoms in total. The van der Waals surface area contributed by atoms with Crippen molar-refractivity contribution in [1.29, 1.82) is 0 Å². The van der Waals surface area contributed by atoms with Crippen molar-refractivity contribution in [2.45, 2.75) is 17.9 Å². The van der Waals surface area contributed by atoms with Crippen molar-refractivity contribution in [2.75, 3.05) is 51.0 Å². The summed E-state index contributed by atoms with van der Waals surface area (Å²) < 4.78 is 26.7. The number of carbonyl (C=O) groups excluding carboxylic acids is 2. The number of anilines is 2. The van der Waals surface area contributed by atoms with E-state index in [1.54, 1.807) is 84.0 Å². The number of aliphatic hydroxyl groups excluding tert-OH is 1. The molecule has 1 aliphatic rings. The fourth-order valence-electron chi connectivity index (χ4n) is 4.52. The van der Waals surface area contributed by atoms with Crippen LogP contribution in [-0.2, 0) is 11.0 Å². The van der Waals surface area contributed by atoms with Gasteiger partial charge in [-0.05, 0) is 48.5 Å². The van der Waals surface area contributed by atoms with Crippen molar-refractivity contribution >= 4 is 57.5 Å². The van der Waals surface area contributed by atoms with Crippen LogP contribution in [0.15, 0.2) is 65.6 Å². The molecule has 13 heteroatoms. The van der Waals surface area contributed by atoms with Gasteiger partial charge in [0.15, 0.2) is 5.75 Å². The Morgan fingerprint density at radius 2 is 1.79 bits per heavy atom. The Bertz CT molecular complexity index is 1460. The third-order valence-electron chi connectivity index (χ3n) is 6.74. The summed E-state index contributed by atoms with van der Waals surface area (Å²) in [5.41, 5.74) is 0.775. The van der Waals surface area contributed by atoms with E-state index in [9.17, 15) is 18.9 Å². The molecule has 3 aromatic rings. The molecule has 3 atom stereocenters. The van der Waals surface area contributed by atoms with Crippen LogP contribution in [0, 0.1) is 5.92 Å². The van der Waals surface area contributed by atoms with E-state index in [2.05, 4.69) is 10.6 Å². The molecular weight excluding hydrogens is 603 g/mol. The first-order valence-electron chi connectivity index (χ1n) is 13.1. The predicted octanol–water partition coefficient (Wildman–Crippen LogP) is 5.13. The maximum Gasteiger partial charge on any atom is 0.323 e. The second kappa shape index (κ2) is 14.2. The molecule has 0 spiro atoms. The number of hydrogen-bond acceptors (Lipinski definition) is 6. The summed E-state index contributed by atoms with van der Waals surface area (Å²) >= 11 is 12.3. The van der Waals surface area contributed by atoms with Crippen molar-refractivity contribution in [3.63, 3.8) is 0 Å². The van der Waals surface area contributed by atoms with Crippen LogP contribution in [0.2, 0.25) is 10.0 Å². The zero-order chi connectivity index (χ0) is 30.4. The third-order valence-corrected chi connectivity index (χ3v) is 8.95. The highest BCUT2D eigenvalue weighted by Gasteiger charge is 2.33. The lowest BCUT2D eigenvalue weighted by molar-refractivity contribution is 0.0514. The van der Waals surface area contributed by atoms with E-state index in [1.807, 2.05) is 6.92 Å². The number of methoxy groups -OCH3 is 1. The molecule has 3 amide bonds. The standard InChI is InChI=1S/C29H32Cl2N4O6S/c1-18-16-35(14-15-36)28(37)21-6-4-9-24(33-29(38)32-23-8-5-7-22(30)26(23)31)27(21)41-25(18)17-34(2)42(39)20-12-10-19(40-3)11-13-20/h4-13,18,25,36H,14-17H2,1-3H3,(H2,32,33,38)/t18?,25-,42?/m0/s1. The quantitative estimate of drug-likeness (QED) is 0.300. The van der Waals surface area contributed by atoms with Crippen LogP contribution in [-0.4, -0.2) is 77.0 Å². The fourth-order valence-corrected chi connectivity index (χ4v) is 5.88. The van der Waals surface area contributed by atoms with Crippen LogP contribution in [0.1, 0.15) is 17.3 Å². The number of benzene rings is 3. The normalized spacial score (nSPS) is 17.5. The summed E-state index contributed by atoms with van der Waals surface area (Å²) in [6.45, 7) is 2.36. The zero-order valence-electron chi connectivity index (χ0n) is 23.3. The molecule has 0 saturated heterocycles. The minimum atomic E-state index is -1.51. The van der Waals surface area contributed by atoms with Crippen molar-refractivity contribution in [3.8, 4) is 11.5 Å². The van der Waals surface area contributed by atoms with Crippen molar-refractivity contribution < 1.29 is 28.4 Å².